The third kappa shape index (κ3) is 4.01. The molecule has 3 rings (SSSR count). The molecule has 1 saturated heterocycles. The minimum Gasteiger partial charge on any atom is -0.300 e. The SMILES string of the molecule is CC(C)Cc1ncc(-c2nccnc2C2CCCN(C(C)C)C2)s1. The minimum absolute atomic E-state index is 0.473. The Kier molecular flexibility index (Phi) is 5.61. The lowest BCUT2D eigenvalue weighted by molar-refractivity contribution is 0.166. The number of thiazole rings is 1. The van der Waals surface area contributed by atoms with Crippen molar-refractivity contribution in [2.75, 3.05) is 13.1 Å². The fourth-order valence-corrected chi connectivity index (χ4v) is 4.53. The first kappa shape index (κ1) is 17.5. The number of aromatic nitrogens is 3. The van der Waals surface area contributed by atoms with Crippen molar-refractivity contribution in [1.29, 1.82) is 0 Å². The Hall–Kier alpha value is -1.33. The summed E-state index contributed by atoms with van der Waals surface area (Å²) in [5.41, 5.74) is 2.20. The van der Waals surface area contributed by atoms with E-state index in [9.17, 15) is 0 Å². The van der Waals surface area contributed by atoms with Crippen LogP contribution in [0.2, 0.25) is 0 Å². The van der Waals surface area contributed by atoms with E-state index in [1.807, 2.05) is 18.6 Å². The highest BCUT2D eigenvalue weighted by molar-refractivity contribution is 7.15. The van der Waals surface area contributed by atoms with Crippen LogP contribution in [0.1, 0.15) is 57.2 Å². The zero-order chi connectivity index (χ0) is 17.1. The lowest BCUT2D eigenvalue weighted by Gasteiger charge is -2.35. The van der Waals surface area contributed by atoms with Crippen LogP contribution in [0.25, 0.3) is 10.6 Å². The Bertz CT molecular complexity index is 665. The highest BCUT2D eigenvalue weighted by atomic mass is 32.1. The van der Waals surface area contributed by atoms with Crippen LogP contribution in [0.5, 0.6) is 0 Å². The number of hydrogen-bond donors (Lipinski definition) is 0. The first-order valence-electron chi connectivity index (χ1n) is 9.04. The second-order valence-electron chi connectivity index (χ2n) is 7.43. The van der Waals surface area contributed by atoms with Crippen molar-refractivity contribution in [2.24, 2.45) is 5.92 Å². The van der Waals surface area contributed by atoms with Gasteiger partial charge in [-0.05, 0) is 39.2 Å². The van der Waals surface area contributed by atoms with Gasteiger partial charge in [0, 0.05) is 43.5 Å². The number of rotatable bonds is 5. The summed E-state index contributed by atoms with van der Waals surface area (Å²) in [6.07, 6.45) is 9.10. The van der Waals surface area contributed by atoms with Gasteiger partial charge in [-0.3, -0.25) is 9.97 Å². The first-order valence-corrected chi connectivity index (χ1v) is 9.86. The topological polar surface area (TPSA) is 41.9 Å². The second-order valence-corrected chi connectivity index (χ2v) is 8.55. The van der Waals surface area contributed by atoms with Gasteiger partial charge in [0.25, 0.3) is 0 Å². The largest absolute Gasteiger partial charge is 0.300 e. The second kappa shape index (κ2) is 7.70. The smallest absolute Gasteiger partial charge is 0.104 e. The molecule has 1 aliphatic heterocycles. The standard InChI is InChI=1S/C19H28N4S/c1-13(2)10-17-22-11-16(24-17)19-18(20-7-8-21-19)15-6-5-9-23(12-15)14(3)4/h7-8,11,13-15H,5-6,9-10,12H2,1-4H3. The highest BCUT2D eigenvalue weighted by Gasteiger charge is 2.27. The van der Waals surface area contributed by atoms with E-state index >= 15 is 0 Å². The highest BCUT2D eigenvalue weighted by Crippen LogP contribution is 2.34. The quantitative estimate of drug-likeness (QED) is 0.807. The van der Waals surface area contributed by atoms with E-state index in [1.54, 1.807) is 11.3 Å². The molecule has 5 heteroatoms. The van der Waals surface area contributed by atoms with Crippen molar-refractivity contribution in [3.05, 3.63) is 29.3 Å². The Morgan fingerprint density at radius 2 is 1.96 bits per heavy atom. The van der Waals surface area contributed by atoms with E-state index in [2.05, 4.69) is 42.6 Å². The van der Waals surface area contributed by atoms with Crippen molar-refractivity contribution >= 4 is 11.3 Å². The van der Waals surface area contributed by atoms with Crippen LogP contribution in [0, 0.1) is 5.92 Å². The predicted octanol–water partition coefficient (Wildman–Crippen LogP) is 4.39. The van der Waals surface area contributed by atoms with E-state index in [0.717, 1.165) is 29.2 Å². The lowest BCUT2D eigenvalue weighted by Crippen LogP contribution is -2.39. The molecule has 0 spiro atoms. The molecule has 0 amide bonds. The Morgan fingerprint density at radius 3 is 2.71 bits per heavy atom. The molecule has 0 aliphatic carbocycles. The number of likely N-dealkylation sites (tertiary alicyclic amines) is 1. The lowest BCUT2D eigenvalue weighted by atomic mass is 9.92. The van der Waals surface area contributed by atoms with Crippen LogP contribution >= 0.6 is 11.3 Å². The van der Waals surface area contributed by atoms with Gasteiger partial charge < -0.3 is 4.90 Å². The zero-order valence-electron chi connectivity index (χ0n) is 15.2. The maximum atomic E-state index is 4.73. The maximum Gasteiger partial charge on any atom is 0.104 e. The van der Waals surface area contributed by atoms with Gasteiger partial charge in [0.05, 0.1) is 15.6 Å². The van der Waals surface area contributed by atoms with Gasteiger partial charge in [-0.25, -0.2) is 4.98 Å². The van der Waals surface area contributed by atoms with Crippen molar-refractivity contribution in [3.8, 4) is 10.6 Å². The first-order chi connectivity index (χ1) is 11.5. The van der Waals surface area contributed by atoms with Crippen LogP contribution in [0.3, 0.4) is 0 Å². The van der Waals surface area contributed by atoms with Gasteiger partial charge in [-0.1, -0.05) is 13.8 Å². The molecule has 0 radical (unpaired) electrons. The summed E-state index contributed by atoms with van der Waals surface area (Å²) in [6.45, 7) is 11.3. The van der Waals surface area contributed by atoms with Crippen molar-refractivity contribution in [1.82, 2.24) is 19.9 Å². The summed E-state index contributed by atoms with van der Waals surface area (Å²) in [4.78, 5) is 17.7. The number of hydrogen-bond acceptors (Lipinski definition) is 5. The minimum atomic E-state index is 0.473. The van der Waals surface area contributed by atoms with E-state index in [-0.39, 0.29) is 0 Å². The summed E-state index contributed by atoms with van der Waals surface area (Å²) < 4.78 is 0. The molecule has 2 aromatic heterocycles. The summed E-state index contributed by atoms with van der Waals surface area (Å²) in [5, 5.41) is 1.20. The molecule has 2 aromatic rings. The summed E-state index contributed by atoms with van der Waals surface area (Å²) in [5.74, 6) is 1.10. The molecule has 1 unspecified atom stereocenters. The zero-order valence-corrected chi connectivity index (χ0v) is 16.0. The molecular weight excluding hydrogens is 316 g/mol. The van der Waals surface area contributed by atoms with Gasteiger partial charge in [0.15, 0.2) is 0 Å². The summed E-state index contributed by atoms with van der Waals surface area (Å²) >= 11 is 1.77. The van der Waals surface area contributed by atoms with Crippen LogP contribution in [-0.2, 0) is 6.42 Å². The molecule has 130 valence electrons. The molecule has 3 heterocycles. The predicted molar refractivity (Wildman–Crippen MR) is 100 cm³/mol. The van der Waals surface area contributed by atoms with E-state index in [0.29, 0.717) is 17.9 Å². The Balaban J connectivity index is 1.86. The molecule has 0 aromatic carbocycles. The Morgan fingerprint density at radius 1 is 1.17 bits per heavy atom. The van der Waals surface area contributed by atoms with Crippen LogP contribution < -0.4 is 0 Å². The molecule has 0 saturated carbocycles. The molecule has 1 atom stereocenters. The fourth-order valence-electron chi connectivity index (χ4n) is 3.40. The van der Waals surface area contributed by atoms with Crippen LogP contribution in [0.15, 0.2) is 18.6 Å². The van der Waals surface area contributed by atoms with Gasteiger partial charge >= 0.3 is 0 Å². The summed E-state index contributed by atoms with van der Waals surface area (Å²) in [6, 6.07) is 0.592. The fraction of sp³-hybridized carbons (Fsp3) is 0.632. The molecule has 1 aliphatic rings. The number of piperidine rings is 1. The van der Waals surface area contributed by atoms with Crippen molar-refractivity contribution < 1.29 is 0 Å². The number of nitrogens with zero attached hydrogens (tertiary/aromatic N) is 4. The maximum absolute atomic E-state index is 4.73. The molecular formula is C19H28N4S. The van der Waals surface area contributed by atoms with Gasteiger partial charge in [-0.2, -0.15) is 0 Å². The molecule has 0 bridgehead atoms. The molecule has 1 fully saturated rings. The Labute approximate surface area is 149 Å². The van der Waals surface area contributed by atoms with Gasteiger partial charge in [0.2, 0.25) is 0 Å². The van der Waals surface area contributed by atoms with E-state index < -0.39 is 0 Å². The molecule has 24 heavy (non-hydrogen) atoms. The van der Waals surface area contributed by atoms with Crippen molar-refractivity contribution in [3.63, 3.8) is 0 Å². The van der Waals surface area contributed by atoms with E-state index in [4.69, 9.17) is 4.98 Å². The monoisotopic (exact) mass is 344 g/mol. The van der Waals surface area contributed by atoms with Crippen LogP contribution in [0.4, 0.5) is 0 Å². The average Bonchev–Trinajstić information content (AvgIpc) is 3.02. The van der Waals surface area contributed by atoms with Crippen molar-refractivity contribution in [2.45, 2.75) is 58.9 Å². The van der Waals surface area contributed by atoms with Crippen LogP contribution in [-0.4, -0.2) is 39.0 Å². The molecule has 0 N–H and O–H groups in total. The van der Waals surface area contributed by atoms with Gasteiger partial charge in [0.1, 0.15) is 5.69 Å². The van der Waals surface area contributed by atoms with Gasteiger partial charge in [-0.15, -0.1) is 11.3 Å². The summed E-state index contributed by atoms with van der Waals surface area (Å²) in [7, 11) is 0. The average molecular weight is 345 g/mol. The van der Waals surface area contributed by atoms with E-state index in [1.165, 1.54) is 24.4 Å². The normalized spacial score (nSPS) is 19.3. The third-order valence-electron chi connectivity index (χ3n) is 4.67. The molecule has 4 nitrogen and oxygen atoms in total. The third-order valence-corrected chi connectivity index (χ3v) is 5.69.